The molecule has 0 atom stereocenters. The number of carbonyl (C=O) groups is 1. The molecule has 110 valence electrons. The second kappa shape index (κ2) is 5.65. The number of anilines is 1. The Labute approximate surface area is 123 Å². The predicted molar refractivity (Wildman–Crippen MR) is 79.9 cm³/mol. The highest BCUT2D eigenvalue weighted by Gasteiger charge is 2.42. The minimum absolute atomic E-state index is 0.0277. The van der Waals surface area contributed by atoms with Gasteiger partial charge in [0.25, 0.3) is 5.91 Å². The largest absolute Gasteiger partial charge is 0.323 e. The zero-order valence-corrected chi connectivity index (χ0v) is 12.0. The number of piperidine rings is 1. The van der Waals surface area contributed by atoms with Crippen LogP contribution in [0.5, 0.6) is 0 Å². The number of rotatable bonds is 3. The van der Waals surface area contributed by atoms with Gasteiger partial charge < -0.3 is 10.6 Å². The van der Waals surface area contributed by atoms with Crippen molar-refractivity contribution >= 4 is 11.6 Å². The molecule has 0 spiro atoms. The summed E-state index contributed by atoms with van der Waals surface area (Å²) in [4.78, 5) is 17.0. The van der Waals surface area contributed by atoms with Gasteiger partial charge in [0.2, 0.25) is 0 Å². The number of carbonyl (C=O) groups excluding carboxylic acids is 1. The van der Waals surface area contributed by atoms with Crippen LogP contribution < -0.4 is 10.6 Å². The predicted octanol–water partition coefficient (Wildman–Crippen LogP) is 1.30. The minimum Gasteiger partial charge on any atom is -0.323 e. The first-order valence-electron chi connectivity index (χ1n) is 7.15. The number of amides is 1. The molecule has 1 aliphatic heterocycles. The minimum atomic E-state index is -0.626. The van der Waals surface area contributed by atoms with Crippen LogP contribution in [-0.2, 0) is 10.3 Å². The quantitative estimate of drug-likeness (QED) is 0.892. The van der Waals surface area contributed by atoms with E-state index in [0.29, 0.717) is 0 Å². The van der Waals surface area contributed by atoms with Crippen molar-refractivity contribution in [3.05, 3.63) is 42.5 Å². The van der Waals surface area contributed by atoms with Crippen LogP contribution in [0.3, 0.4) is 0 Å². The van der Waals surface area contributed by atoms with Crippen molar-refractivity contribution in [2.45, 2.75) is 25.3 Å². The van der Waals surface area contributed by atoms with Crippen LogP contribution >= 0.6 is 0 Å². The van der Waals surface area contributed by atoms with Crippen molar-refractivity contribution < 1.29 is 4.79 Å². The Hall–Kier alpha value is -2.21. The monoisotopic (exact) mass is 285 g/mol. The molecule has 0 unspecified atom stereocenters. The van der Waals surface area contributed by atoms with Crippen LogP contribution in [0.25, 0.3) is 0 Å². The summed E-state index contributed by atoms with van der Waals surface area (Å²) in [6, 6.07) is 3.77. The molecule has 2 aromatic heterocycles. The zero-order valence-electron chi connectivity index (χ0n) is 12.0. The Balaban J connectivity index is 1.88. The van der Waals surface area contributed by atoms with Gasteiger partial charge in [0, 0.05) is 18.6 Å². The molecule has 2 aromatic rings. The van der Waals surface area contributed by atoms with Gasteiger partial charge in [-0.15, -0.1) is 0 Å². The molecule has 3 rings (SSSR count). The van der Waals surface area contributed by atoms with Gasteiger partial charge in [0.1, 0.15) is 5.54 Å². The first-order chi connectivity index (χ1) is 10.2. The molecule has 0 saturated carbocycles. The van der Waals surface area contributed by atoms with Crippen molar-refractivity contribution in [3.63, 3.8) is 0 Å². The second-order valence-corrected chi connectivity index (χ2v) is 5.44. The maximum atomic E-state index is 12.9. The fourth-order valence-electron chi connectivity index (χ4n) is 2.79. The Morgan fingerprint density at radius 2 is 2.19 bits per heavy atom. The van der Waals surface area contributed by atoms with Crippen LogP contribution in [0.4, 0.5) is 5.69 Å². The molecule has 2 N–H and O–H groups in total. The molecular formula is C15H19N5O. The smallest absolute Gasteiger partial charge is 0.252 e. The Morgan fingerprint density at radius 1 is 1.38 bits per heavy atom. The van der Waals surface area contributed by atoms with E-state index in [4.69, 9.17) is 0 Å². The van der Waals surface area contributed by atoms with Gasteiger partial charge in [0.05, 0.1) is 11.9 Å². The summed E-state index contributed by atoms with van der Waals surface area (Å²) in [6.45, 7) is 3.56. The molecule has 1 aliphatic rings. The van der Waals surface area contributed by atoms with Gasteiger partial charge in [-0.25, -0.2) is 0 Å². The van der Waals surface area contributed by atoms with E-state index in [9.17, 15) is 4.79 Å². The molecule has 0 aromatic carbocycles. The van der Waals surface area contributed by atoms with Crippen molar-refractivity contribution in [1.29, 1.82) is 0 Å². The number of aryl methyl sites for hydroxylation is 1. The number of nitrogens with zero attached hydrogens (tertiary/aromatic N) is 3. The lowest BCUT2D eigenvalue weighted by Gasteiger charge is -2.36. The number of aromatic nitrogens is 3. The lowest BCUT2D eigenvalue weighted by molar-refractivity contribution is -0.126. The summed E-state index contributed by atoms with van der Waals surface area (Å²) in [5.41, 5.74) is 1.12. The van der Waals surface area contributed by atoms with Gasteiger partial charge >= 0.3 is 0 Å². The molecular weight excluding hydrogens is 266 g/mol. The van der Waals surface area contributed by atoms with E-state index in [1.165, 1.54) is 0 Å². The molecule has 1 amide bonds. The molecule has 3 heterocycles. The summed E-state index contributed by atoms with van der Waals surface area (Å²) in [5.74, 6) is -0.0277. The maximum Gasteiger partial charge on any atom is 0.252 e. The number of hydrogen-bond donors (Lipinski definition) is 2. The van der Waals surface area contributed by atoms with E-state index in [1.807, 2.05) is 25.3 Å². The second-order valence-electron chi connectivity index (χ2n) is 5.44. The Kier molecular flexibility index (Phi) is 3.70. The molecule has 0 radical (unpaired) electrons. The lowest BCUT2D eigenvalue weighted by atomic mass is 9.87. The molecule has 1 fully saturated rings. The highest BCUT2D eigenvalue weighted by atomic mass is 16.2. The average Bonchev–Trinajstić information content (AvgIpc) is 3.02. The van der Waals surface area contributed by atoms with Crippen molar-refractivity contribution in [1.82, 2.24) is 20.1 Å². The van der Waals surface area contributed by atoms with Gasteiger partial charge in [-0.05, 0) is 50.6 Å². The number of pyridine rings is 1. The van der Waals surface area contributed by atoms with E-state index in [-0.39, 0.29) is 5.91 Å². The zero-order chi connectivity index (χ0) is 14.7. The molecule has 6 heteroatoms. The first kappa shape index (κ1) is 13.8. The topological polar surface area (TPSA) is 71.8 Å². The molecule has 0 aliphatic carbocycles. The molecule has 6 nitrogen and oxygen atoms in total. The van der Waals surface area contributed by atoms with Crippen LogP contribution in [-0.4, -0.2) is 33.8 Å². The molecule has 1 saturated heterocycles. The number of hydrogen-bond acceptors (Lipinski definition) is 4. The third-order valence-corrected chi connectivity index (χ3v) is 3.93. The third-order valence-electron chi connectivity index (χ3n) is 3.93. The van der Waals surface area contributed by atoms with Gasteiger partial charge in [-0.3, -0.25) is 14.5 Å². The standard InChI is InChI=1S/C15H19N5O/c1-12-9-13(11-17-10-12)19-14(21)15(3-6-16-7-4-15)20-8-2-5-18-20/h2,5,8-11,16H,3-4,6-7H2,1H3,(H,19,21). The lowest BCUT2D eigenvalue weighted by Crippen LogP contribution is -2.52. The third kappa shape index (κ3) is 2.67. The highest BCUT2D eigenvalue weighted by molar-refractivity contribution is 5.96. The SMILES string of the molecule is Cc1cncc(NC(=O)C2(n3cccn3)CCNCC2)c1. The first-order valence-corrected chi connectivity index (χ1v) is 7.15. The summed E-state index contributed by atoms with van der Waals surface area (Å²) >= 11 is 0. The number of nitrogens with one attached hydrogen (secondary N) is 2. The Morgan fingerprint density at radius 3 is 2.86 bits per heavy atom. The fraction of sp³-hybridized carbons (Fsp3) is 0.400. The fourth-order valence-corrected chi connectivity index (χ4v) is 2.79. The molecule has 21 heavy (non-hydrogen) atoms. The maximum absolute atomic E-state index is 12.9. The van der Waals surface area contributed by atoms with Crippen molar-refractivity contribution in [3.8, 4) is 0 Å². The summed E-state index contributed by atoms with van der Waals surface area (Å²) in [5, 5.41) is 10.6. The summed E-state index contributed by atoms with van der Waals surface area (Å²) in [7, 11) is 0. The van der Waals surface area contributed by atoms with E-state index in [1.54, 1.807) is 23.3 Å². The van der Waals surface area contributed by atoms with Crippen LogP contribution in [0.2, 0.25) is 0 Å². The van der Waals surface area contributed by atoms with E-state index >= 15 is 0 Å². The Bertz CT molecular complexity index is 617. The van der Waals surface area contributed by atoms with Crippen molar-refractivity contribution in [2.75, 3.05) is 18.4 Å². The van der Waals surface area contributed by atoms with Gasteiger partial charge in [0.15, 0.2) is 0 Å². The van der Waals surface area contributed by atoms with E-state index in [2.05, 4.69) is 20.7 Å². The average molecular weight is 285 g/mol. The summed E-state index contributed by atoms with van der Waals surface area (Å²) < 4.78 is 1.78. The highest BCUT2D eigenvalue weighted by Crippen LogP contribution is 2.28. The van der Waals surface area contributed by atoms with Crippen LogP contribution in [0, 0.1) is 6.92 Å². The van der Waals surface area contributed by atoms with Crippen LogP contribution in [0.15, 0.2) is 36.9 Å². The summed E-state index contributed by atoms with van der Waals surface area (Å²) in [6.07, 6.45) is 8.45. The van der Waals surface area contributed by atoms with Crippen molar-refractivity contribution in [2.24, 2.45) is 0 Å². The van der Waals surface area contributed by atoms with Crippen LogP contribution in [0.1, 0.15) is 18.4 Å². The van der Waals surface area contributed by atoms with Gasteiger partial charge in [-0.2, -0.15) is 5.10 Å². The van der Waals surface area contributed by atoms with E-state index < -0.39 is 5.54 Å². The van der Waals surface area contributed by atoms with E-state index in [0.717, 1.165) is 37.2 Å². The van der Waals surface area contributed by atoms with Gasteiger partial charge in [-0.1, -0.05) is 0 Å². The molecule has 0 bridgehead atoms. The normalized spacial score (nSPS) is 17.4.